The molecule has 1 aliphatic rings. The zero-order valence-corrected chi connectivity index (χ0v) is 22.3. The Morgan fingerprint density at radius 1 is 0.946 bits per heavy atom. The number of nitrogens with zero attached hydrogens (tertiary/aromatic N) is 7. The molecule has 9 heteroatoms. The summed E-state index contributed by atoms with van der Waals surface area (Å²) < 4.78 is 1.66. The average molecular weight is 504 g/mol. The summed E-state index contributed by atoms with van der Waals surface area (Å²) >= 11 is 0. The van der Waals surface area contributed by atoms with Gasteiger partial charge in [0, 0.05) is 51.0 Å². The Kier molecular flexibility index (Phi) is 8.53. The summed E-state index contributed by atoms with van der Waals surface area (Å²) in [5, 5.41) is 4.39. The molecule has 0 bridgehead atoms. The molecular weight excluding hydrogens is 466 g/mol. The number of hydrogen-bond acceptors (Lipinski definition) is 6. The van der Waals surface area contributed by atoms with Gasteiger partial charge in [0.05, 0.1) is 0 Å². The van der Waals surface area contributed by atoms with Crippen molar-refractivity contribution in [2.45, 2.75) is 53.6 Å². The van der Waals surface area contributed by atoms with E-state index in [0.29, 0.717) is 44.2 Å². The van der Waals surface area contributed by atoms with Crippen LogP contribution in [0.3, 0.4) is 0 Å². The van der Waals surface area contributed by atoms with E-state index in [1.165, 1.54) is 0 Å². The lowest BCUT2D eigenvalue weighted by Crippen LogP contribution is -2.40. The Labute approximate surface area is 219 Å². The highest BCUT2D eigenvalue weighted by Crippen LogP contribution is 2.25. The van der Waals surface area contributed by atoms with Gasteiger partial charge in [-0.15, -0.1) is 0 Å². The van der Waals surface area contributed by atoms with Crippen molar-refractivity contribution in [2.75, 3.05) is 36.0 Å². The summed E-state index contributed by atoms with van der Waals surface area (Å²) in [6, 6.07) is 13.8. The van der Waals surface area contributed by atoms with Crippen molar-refractivity contribution in [1.29, 1.82) is 0 Å². The van der Waals surface area contributed by atoms with Gasteiger partial charge in [0.15, 0.2) is 0 Å². The van der Waals surface area contributed by atoms with Gasteiger partial charge in [-0.25, -0.2) is 14.6 Å². The minimum atomic E-state index is -0.0388. The third-order valence-electron chi connectivity index (χ3n) is 6.55. The zero-order valence-electron chi connectivity index (χ0n) is 22.3. The molecule has 0 radical (unpaired) electrons. The number of amides is 2. The minimum Gasteiger partial charge on any atom is -0.355 e. The van der Waals surface area contributed by atoms with Crippen molar-refractivity contribution >= 4 is 23.3 Å². The van der Waals surface area contributed by atoms with Crippen molar-refractivity contribution < 1.29 is 9.59 Å². The third kappa shape index (κ3) is 6.72. The fourth-order valence-electron chi connectivity index (χ4n) is 4.73. The number of carbonyl (C=O) groups is 2. The number of para-hydroxylation sites is 1. The molecule has 2 aromatic heterocycles. The van der Waals surface area contributed by atoms with E-state index in [2.05, 4.69) is 33.8 Å². The first-order chi connectivity index (χ1) is 17.8. The van der Waals surface area contributed by atoms with E-state index in [1.54, 1.807) is 10.9 Å². The van der Waals surface area contributed by atoms with Crippen LogP contribution in [0.5, 0.6) is 0 Å². The molecule has 37 heavy (non-hydrogen) atoms. The summed E-state index contributed by atoms with van der Waals surface area (Å²) in [6.45, 7) is 10.8. The maximum absolute atomic E-state index is 13.6. The molecule has 4 rings (SSSR count). The Morgan fingerprint density at radius 2 is 1.73 bits per heavy atom. The molecule has 0 N–H and O–H groups in total. The predicted octanol–water partition coefficient (Wildman–Crippen LogP) is 3.61. The first-order valence-corrected chi connectivity index (χ1v) is 13.0. The van der Waals surface area contributed by atoms with E-state index < -0.39 is 0 Å². The van der Waals surface area contributed by atoms with Crippen LogP contribution in [0.4, 0.5) is 11.5 Å². The molecule has 0 spiro atoms. The van der Waals surface area contributed by atoms with Crippen LogP contribution >= 0.6 is 0 Å². The molecule has 3 aromatic rings. The Balaban J connectivity index is 1.68. The normalized spacial score (nSPS) is 14.9. The van der Waals surface area contributed by atoms with Crippen molar-refractivity contribution in [3.8, 4) is 0 Å². The highest BCUT2D eigenvalue weighted by atomic mass is 16.2. The summed E-state index contributed by atoms with van der Waals surface area (Å²) in [5.41, 5.74) is 1.84. The smallest absolute Gasteiger partial charge is 0.244 e. The van der Waals surface area contributed by atoms with Gasteiger partial charge in [-0.05, 0) is 49.9 Å². The van der Waals surface area contributed by atoms with Crippen molar-refractivity contribution in [3.63, 3.8) is 0 Å². The lowest BCUT2D eigenvalue weighted by atomic mass is 10.1. The number of anilines is 2. The summed E-state index contributed by atoms with van der Waals surface area (Å²) in [7, 11) is 0. The van der Waals surface area contributed by atoms with Crippen LogP contribution < -0.4 is 9.80 Å². The van der Waals surface area contributed by atoms with E-state index in [-0.39, 0.29) is 24.3 Å². The first kappa shape index (κ1) is 26.3. The van der Waals surface area contributed by atoms with Gasteiger partial charge < -0.3 is 14.7 Å². The van der Waals surface area contributed by atoms with Crippen molar-refractivity contribution in [3.05, 3.63) is 65.9 Å². The summed E-state index contributed by atoms with van der Waals surface area (Å²) in [4.78, 5) is 41.9. The second-order valence-electron chi connectivity index (χ2n) is 9.98. The van der Waals surface area contributed by atoms with E-state index in [1.807, 2.05) is 66.1 Å². The van der Waals surface area contributed by atoms with Gasteiger partial charge in [-0.3, -0.25) is 9.59 Å². The Bertz CT molecular complexity index is 1210. The molecule has 2 amide bonds. The summed E-state index contributed by atoms with van der Waals surface area (Å²) in [6.07, 6.45) is 3.06. The molecule has 0 saturated heterocycles. The number of rotatable bonds is 5. The quantitative estimate of drug-likeness (QED) is 0.529. The lowest BCUT2D eigenvalue weighted by molar-refractivity contribution is -0.132. The number of hydrogen-bond donors (Lipinski definition) is 0. The van der Waals surface area contributed by atoms with Crippen LogP contribution in [-0.2, 0) is 22.7 Å². The number of aryl methyl sites for hydroxylation is 2. The Morgan fingerprint density at radius 3 is 2.43 bits per heavy atom. The molecule has 1 aliphatic heterocycles. The number of carbonyl (C=O) groups excluding carboxylic acids is 2. The first-order valence-electron chi connectivity index (χ1n) is 13.0. The molecule has 0 saturated carbocycles. The van der Waals surface area contributed by atoms with Gasteiger partial charge in [-0.2, -0.15) is 5.10 Å². The third-order valence-corrected chi connectivity index (χ3v) is 6.55. The SMILES string of the molecule is Cc1nc(C)n(CC(=O)N2CCN(c3ccccn3)CCCN(C(=O)CC(C)C)c3ccccc3C2)n1. The molecule has 0 fully saturated rings. The van der Waals surface area contributed by atoms with Gasteiger partial charge in [0.1, 0.15) is 24.0 Å². The molecular formula is C28H37N7O2. The summed E-state index contributed by atoms with van der Waals surface area (Å²) in [5.74, 6) is 2.56. The molecule has 196 valence electrons. The van der Waals surface area contributed by atoms with Gasteiger partial charge in [0.25, 0.3) is 0 Å². The highest BCUT2D eigenvalue weighted by Gasteiger charge is 2.25. The van der Waals surface area contributed by atoms with E-state index in [0.717, 1.165) is 30.0 Å². The zero-order chi connectivity index (χ0) is 26.4. The largest absolute Gasteiger partial charge is 0.355 e. The van der Waals surface area contributed by atoms with Crippen LogP contribution in [0.1, 0.15) is 43.9 Å². The number of pyridine rings is 1. The number of benzene rings is 1. The van der Waals surface area contributed by atoms with Crippen LogP contribution in [0.15, 0.2) is 48.7 Å². The van der Waals surface area contributed by atoms with Crippen molar-refractivity contribution in [2.24, 2.45) is 5.92 Å². The fourth-order valence-corrected chi connectivity index (χ4v) is 4.73. The van der Waals surface area contributed by atoms with Crippen LogP contribution in [0, 0.1) is 19.8 Å². The second kappa shape index (κ2) is 12.0. The second-order valence-corrected chi connectivity index (χ2v) is 9.98. The number of fused-ring (bicyclic) bond motifs is 1. The van der Waals surface area contributed by atoms with Gasteiger partial charge in [-0.1, -0.05) is 38.1 Å². The molecule has 0 unspecified atom stereocenters. The van der Waals surface area contributed by atoms with Crippen LogP contribution in [0.25, 0.3) is 0 Å². The number of aromatic nitrogens is 4. The average Bonchev–Trinajstić information content (AvgIpc) is 3.17. The molecule has 9 nitrogen and oxygen atoms in total. The maximum Gasteiger partial charge on any atom is 0.244 e. The maximum atomic E-state index is 13.6. The van der Waals surface area contributed by atoms with Gasteiger partial charge in [0.2, 0.25) is 11.8 Å². The molecule has 1 aromatic carbocycles. The van der Waals surface area contributed by atoms with Crippen LogP contribution in [0.2, 0.25) is 0 Å². The predicted molar refractivity (Wildman–Crippen MR) is 144 cm³/mol. The topological polar surface area (TPSA) is 87.5 Å². The molecule has 0 atom stereocenters. The van der Waals surface area contributed by atoms with Crippen LogP contribution in [-0.4, -0.2) is 62.6 Å². The lowest BCUT2D eigenvalue weighted by Gasteiger charge is -2.28. The van der Waals surface area contributed by atoms with E-state index >= 15 is 0 Å². The van der Waals surface area contributed by atoms with Gasteiger partial charge >= 0.3 is 0 Å². The van der Waals surface area contributed by atoms with Crippen molar-refractivity contribution in [1.82, 2.24) is 24.6 Å². The van der Waals surface area contributed by atoms with E-state index in [4.69, 9.17) is 0 Å². The highest BCUT2D eigenvalue weighted by molar-refractivity contribution is 5.94. The molecule has 0 aliphatic carbocycles. The molecule has 3 heterocycles. The van der Waals surface area contributed by atoms with E-state index in [9.17, 15) is 9.59 Å². The monoisotopic (exact) mass is 503 g/mol. The standard InChI is InChI=1S/C28H37N7O2/c1-21(2)18-27(36)34-15-9-14-32(26-12-7-8-13-29-26)16-17-33(19-24-10-5-6-11-25(24)34)28(37)20-35-23(4)30-22(3)31-35/h5-8,10-13,21H,9,14-20H2,1-4H3. The Hall–Kier alpha value is -3.75. The fraction of sp³-hybridized carbons (Fsp3) is 0.464. The minimum absolute atomic E-state index is 0.0388.